The lowest BCUT2D eigenvalue weighted by Crippen LogP contribution is -1.85. The normalized spacial score (nSPS) is 10.4. The quantitative estimate of drug-likeness (QED) is 0.580. The maximum Gasteiger partial charge on any atom is 0.0668 e. The van der Waals surface area contributed by atoms with E-state index < -0.39 is 0 Å². The van der Waals surface area contributed by atoms with Crippen molar-refractivity contribution in [2.75, 3.05) is 5.73 Å². The zero-order valence-electron chi connectivity index (χ0n) is 5.36. The van der Waals surface area contributed by atoms with Crippen molar-refractivity contribution in [2.45, 2.75) is 0 Å². The summed E-state index contributed by atoms with van der Waals surface area (Å²) in [5.74, 6) is 0. The Balaban J connectivity index is 2.88. The van der Waals surface area contributed by atoms with Crippen molar-refractivity contribution >= 4 is 11.2 Å². The van der Waals surface area contributed by atoms with Gasteiger partial charge < -0.3 is 5.73 Å². The second kappa shape index (κ2) is 1.73. The third-order valence-corrected chi connectivity index (χ3v) is 1.39. The Bertz CT molecular complexity index is 317. The molecule has 0 fully saturated rings. The van der Waals surface area contributed by atoms with E-state index in [0.717, 1.165) is 11.2 Å². The molecular weight excluding hydrogens is 126 g/mol. The van der Waals surface area contributed by atoms with Gasteiger partial charge in [0.25, 0.3) is 0 Å². The minimum atomic E-state index is 0.749. The van der Waals surface area contributed by atoms with E-state index in [1.807, 2.05) is 18.2 Å². The molecular formula is C7H7N3. The van der Waals surface area contributed by atoms with Gasteiger partial charge in [-0.25, -0.2) is 4.52 Å². The number of fused-ring (bicyclic) bond motifs is 1. The first kappa shape index (κ1) is 5.29. The first-order chi connectivity index (χ1) is 4.86. The van der Waals surface area contributed by atoms with E-state index in [9.17, 15) is 0 Å². The van der Waals surface area contributed by atoms with Crippen LogP contribution in [0.2, 0.25) is 0 Å². The predicted molar refractivity (Wildman–Crippen MR) is 39.6 cm³/mol. The van der Waals surface area contributed by atoms with E-state index in [1.54, 1.807) is 16.9 Å². The molecule has 2 aromatic heterocycles. The van der Waals surface area contributed by atoms with Crippen molar-refractivity contribution in [3.63, 3.8) is 0 Å². The molecule has 2 rings (SSSR count). The third kappa shape index (κ3) is 0.639. The molecule has 2 aromatic rings. The summed E-state index contributed by atoms with van der Waals surface area (Å²) in [7, 11) is 0. The van der Waals surface area contributed by atoms with Crippen LogP contribution >= 0.6 is 0 Å². The molecule has 0 spiro atoms. The lowest BCUT2D eigenvalue weighted by molar-refractivity contribution is 0.942. The monoisotopic (exact) mass is 133 g/mol. The van der Waals surface area contributed by atoms with Crippen LogP contribution in [0.5, 0.6) is 0 Å². The average molecular weight is 133 g/mol. The van der Waals surface area contributed by atoms with Crippen LogP contribution in [0.4, 0.5) is 5.69 Å². The molecule has 0 saturated heterocycles. The van der Waals surface area contributed by atoms with Crippen molar-refractivity contribution in [2.24, 2.45) is 0 Å². The van der Waals surface area contributed by atoms with Crippen LogP contribution < -0.4 is 5.73 Å². The number of hydrogen-bond donors (Lipinski definition) is 1. The predicted octanol–water partition coefficient (Wildman–Crippen LogP) is 0.916. The summed E-state index contributed by atoms with van der Waals surface area (Å²) in [6.07, 6.45) is 3.52. The highest BCUT2D eigenvalue weighted by Crippen LogP contribution is 2.07. The Morgan fingerprint density at radius 2 is 2.40 bits per heavy atom. The molecule has 0 bridgehead atoms. The molecule has 0 amide bonds. The van der Waals surface area contributed by atoms with Gasteiger partial charge >= 0.3 is 0 Å². The third-order valence-electron chi connectivity index (χ3n) is 1.39. The molecule has 10 heavy (non-hydrogen) atoms. The van der Waals surface area contributed by atoms with Gasteiger partial charge in [0.15, 0.2) is 0 Å². The molecule has 3 nitrogen and oxygen atoms in total. The average Bonchev–Trinajstić information content (AvgIpc) is 2.27. The summed E-state index contributed by atoms with van der Waals surface area (Å²) in [5.41, 5.74) is 7.31. The maximum atomic E-state index is 5.53. The fraction of sp³-hybridized carbons (Fsp3) is 0. The van der Waals surface area contributed by atoms with Gasteiger partial charge in [-0.1, -0.05) is 0 Å². The van der Waals surface area contributed by atoms with E-state index in [-0.39, 0.29) is 0 Å². The van der Waals surface area contributed by atoms with Crippen LogP contribution in [0.1, 0.15) is 0 Å². The lowest BCUT2D eigenvalue weighted by atomic mass is 10.4. The SMILES string of the molecule is Nc1cc2cccnn2c1. The van der Waals surface area contributed by atoms with E-state index in [1.165, 1.54) is 0 Å². The summed E-state index contributed by atoms with van der Waals surface area (Å²) in [4.78, 5) is 0. The van der Waals surface area contributed by atoms with Crippen LogP contribution in [0.15, 0.2) is 30.6 Å². The number of nitrogens with two attached hydrogens (primary N) is 1. The molecule has 0 aromatic carbocycles. The van der Waals surface area contributed by atoms with Gasteiger partial charge in [-0.05, 0) is 18.2 Å². The fourth-order valence-corrected chi connectivity index (χ4v) is 0.966. The van der Waals surface area contributed by atoms with Crippen molar-refractivity contribution in [1.82, 2.24) is 9.61 Å². The van der Waals surface area contributed by atoms with Crippen molar-refractivity contribution in [3.05, 3.63) is 30.6 Å². The molecule has 50 valence electrons. The van der Waals surface area contributed by atoms with E-state index in [0.29, 0.717) is 0 Å². The maximum absolute atomic E-state index is 5.53. The Labute approximate surface area is 58.1 Å². The van der Waals surface area contributed by atoms with Gasteiger partial charge in [0.05, 0.1) is 17.4 Å². The van der Waals surface area contributed by atoms with Crippen LogP contribution in [0.3, 0.4) is 0 Å². The molecule has 0 aliphatic carbocycles. The molecule has 0 radical (unpaired) electrons. The second-order valence-corrected chi connectivity index (χ2v) is 2.17. The molecule has 0 unspecified atom stereocenters. The summed E-state index contributed by atoms with van der Waals surface area (Å²) in [6.45, 7) is 0. The Kier molecular flexibility index (Phi) is 0.917. The van der Waals surface area contributed by atoms with Crippen LogP contribution in [-0.4, -0.2) is 9.61 Å². The highest BCUT2D eigenvalue weighted by molar-refractivity contribution is 5.56. The Morgan fingerprint density at radius 1 is 1.50 bits per heavy atom. The van der Waals surface area contributed by atoms with E-state index in [2.05, 4.69) is 5.10 Å². The number of nitrogen functional groups attached to an aromatic ring is 1. The number of nitrogens with zero attached hydrogens (tertiary/aromatic N) is 2. The number of anilines is 1. The molecule has 0 aliphatic heterocycles. The largest absolute Gasteiger partial charge is 0.397 e. The van der Waals surface area contributed by atoms with Gasteiger partial charge in [-0.3, -0.25) is 0 Å². The number of rotatable bonds is 0. The topological polar surface area (TPSA) is 43.3 Å². The van der Waals surface area contributed by atoms with Gasteiger partial charge in [-0.2, -0.15) is 5.10 Å². The zero-order chi connectivity index (χ0) is 6.97. The first-order valence-electron chi connectivity index (χ1n) is 3.05. The molecule has 0 atom stereocenters. The summed E-state index contributed by atoms with van der Waals surface area (Å²) in [5, 5.41) is 4.04. The molecule has 0 saturated carbocycles. The smallest absolute Gasteiger partial charge is 0.0668 e. The van der Waals surface area contributed by atoms with Gasteiger partial charge in [0.1, 0.15) is 0 Å². The number of aromatic nitrogens is 2. The van der Waals surface area contributed by atoms with Gasteiger partial charge in [-0.15, -0.1) is 0 Å². The molecule has 3 heteroatoms. The Morgan fingerprint density at radius 3 is 3.20 bits per heavy atom. The van der Waals surface area contributed by atoms with Crippen molar-refractivity contribution < 1.29 is 0 Å². The summed E-state index contributed by atoms with van der Waals surface area (Å²) < 4.78 is 1.75. The molecule has 2 heterocycles. The second-order valence-electron chi connectivity index (χ2n) is 2.17. The highest BCUT2D eigenvalue weighted by Gasteiger charge is 1.92. The highest BCUT2D eigenvalue weighted by atomic mass is 15.2. The van der Waals surface area contributed by atoms with Crippen LogP contribution in [0, 0.1) is 0 Å². The van der Waals surface area contributed by atoms with Crippen molar-refractivity contribution in [1.29, 1.82) is 0 Å². The summed E-state index contributed by atoms with van der Waals surface area (Å²) in [6, 6.07) is 5.73. The minimum absolute atomic E-state index is 0.749. The molecule has 0 aliphatic rings. The van der Waals surface area contributed by atoms with Gasteiger partial charge in [0, 0.05) is 6.20 Å². The zero-order valence-corrected chi connectivity index (χ0v) is 5.36. The number of hydrogen-bond acceptors (Lipinski definition) is 2. The van der Waals surface area contributed by atoms with Crippen molar-refractivity contribution in [3.8, 4) is 0 Å². The van der Waals surface area contributed by atoms with E-state index >= 15 is 0 Å². The minimum Gasteiger partial charge on any atom is -0.397 e. The van der Waals surface area contributed by atoms with Gasteiger partial charge in [0.2, 0.25) is 0 Å². The lowest BCUT2D eigenvalue weighted by Gasteiger charge is -1.87. The Hall–Kier alpha value is -1.51. The molecule has 2 N–H and O–H groups in total. The van der Waals surface area contributed by atoms with Crippen LogP contribution in [0.25, 0.3) is 5.52 Å². The first-order valence-corrected chi connectivity index (χ1v) is 3.05. The van der Waals surface area contributed by atoms with Crippen LogP contribution in [-0.2, 0) is 0 Å². The fourth-order valence-electron chi connectivity index (χ4n) is 0.966. The summed E-state index contributed by atoms with van der Waals surface area (Å²) >= 11 is 0. The van der Waals surface area contributed by atoms with E-state index in [4.69, 9.17) is 5.73 Å². The standard InChI is InChI=1S/C7H7N3/c8-6-4-7-2-1-3-9-10(7)5-6/h1-5H,8H2.